The van der Waals surface area contributed by atoms with Crippen LogP contribution in [0.25, 0.3) is 0 Å². The van der Waals surface area contributed by atoms with E-state index in [9.17, 15) is 4.79 Å². The summed E-state index contributed by atoms with van der Waals surface area (Å²) in [6.07, 6.45) is 0. The molecule has 2 rings (SSSR count). The van der Waals surface area contributed by atoms with Crippen LogP contribution in [0.3, 0.4) is 0 Å². The zero-order valence-corrected chi connectivity index (χ0v) is 14.7. The van der Waals surface area contributed by atoms with E-state index in [2.05, 4.69) is 5.10 Å². The van der Waals surface area contributed by atoms with Gasteiger partial charge in [-0.15, -0.1) is 0 Å². The van der Waals surface area contributed by atoms with Crippen LogP contribution in [0.5, 0.6) is 5.88 Å². The van der Waals surface area contributed by atoms with Crippen molar-refractivity contribution in [2.45, 2.75) is 26.8 Å². The van der Waals surface area contributed by atoms with Crippen molar-refractivity contribution < 1.29 is 14.3 Å². The number of aryl methyl sites for hydroxylation is 1. The summed E-state index contributed by atoms with van der Waals surface area (Å²) in [4.78, 5) is 11.8. The van der Waals surface area contributed by atoms with Crippen LogP contribution >= 0.6 is 23.2 Å². The number of aromatic nitrogens is 2. The zero-order chi connectivity index (χ0) is 17.0. The molecule has 0 amide bonds. The van der Waals surface area contributed by atoms with Crippen LogP contribution in [0.2, 0.25) is 10.0 Å². The fourth-order valence-corrected chi connectivity index (χ4v) is 2.40. The monoisotopic (exact) mass is 356 g/mol. The van der Waals surface area contributed by atoms with Crippen LogP contribution in [-0.4, -0.2) is 29.0 Å². The van der Waals surface area contributed by atoms with Crippen molar-refractivity contribution >= 4 is 29.2 Å². The molecule has 124 valence electrons. The molecule has 1 heterocycles. The quantitative estimate of drug-likeness (QED) is 0.732. The Morgan fingerprint density at radius 1 is 1.30 bits per heavy atom. The molecule has 1 unspecified atom stereocenters. The second-order valence-corrected chi connectivity index (χ2v) is 5.84. The highest BCUT2D eigenvalue weighted by Crippen LogP contribution is 2.29. The van der Waals surface area contributed by atoms with Gasteiger partial charge in [0.15, 0.2) is 0 Å². The van der Waals surface area contributed by atoms with E-state index in [1.807, 2.05) is 26.8 Å². The fourth-order valence-electron chi connectivity index (χ4n) is 2.09. The van der Waals surface area contributed by atoms with Crippen LogP contribution in [0.4, 0.5) is 0 Å². The number of esters is 1. The summed E-state index contributed by atoms with van der Waals surface area (Å²) in [6.45, 7) is 5.94. The average Bonchev–Trinajstić information content (AvgIpc) is 2.87. The molecular formula is C16H18Cl2N2O3. The molecule has 0 spiro atoms. The van der Waals surface area contributed by atoms with Crippen molar-refractivity contribution in [1.82, 2.24) is 9.78 Å². The largest absolute Gasteiger partial charge is 0.406 e. The predicted molar refractivity (Wildman–Crippen MR) is 89.4 cm³/mol. The van der Waals surface area contributed by atoms with Gasteiger partial charge in [0, 0.05) is 12.7 Å². The first-order chi connectivity index (χ1) is 10.9. The molecule has 0 aliphatic heterocycles. The van der Waals surface area contributed by atoms with Gasteiger partial charge in [-0.05, 0) is 38.5 Å². The molecule has 0 fully saturated rings. The highest BCUT2D eigenvalue weighted by Gasteiger charge is 2.18. The smallest absolute Gasteiger partial charge is 0.338 e. The second kappa shape index (κ2) is 7.81. The summed E-state index contributed by atoms with van der Waals surface area (Å²) in [6, 6.07) is 6.90. The molecule has 0 aliphatic rings. The van der Waals surface area contributed by atoms with Crippen molar-refractivity contribution in [3.63, 3.8) is 0 Å². The van der Waals surface area contributed by atoms with E-state index in [1.165, 1.54) is 0 Å². The van der Waals surface area contributed by atoms with Gasteiger partial charge in [-0.25, -0.2) is 9.48 Å². The summed E-state index contributed by atoms with van der Waals surface area (Å²) in [5.74, 6) is -0.0971. The number of rotatable bonds is 6. The van der Waals surface area contributed by atoms with Crippen LogP contribution in [0.1, 0.15) is 31.1 Å². The van der Waals surface area contributed by atoms with Gasteiger partial charge in [0.2, 0.25) is 5.88 Å². The van der Waals surface area contributed by atoms with E-state index in [0.29, 0.717) is 22.5 Å². The van der Waals surface area contributed by atoms with Gasteiger partial charge in [-0.2, -0.15) is 5.10 Å². The summed E-state index contributed by atoms with van der Waals surface area (Å²) < 4.78 is 12.0. The van der Waals surface area contributed by atoms with Gasteiger partial charge < -0.3 is 9.47 Å². The van der Waals surface area contributed by atoms with Crippen LogP contribution in [-0.2, 0) is 9.53 Å². The summed E-state index contributed by atoms with van der Waals surface area (Å²) >= 11 is 12.0. The van der Waals surface area contributed by atoms with Gasteiger partial charge in [-0.1, -0.05) is 29.3 Å². The van der Waals surface area contributed by atoms with Gasteiger partial charge in [-0.3, -0.25) is 0 Å². The minimum atomic E-state index is -0.464. The molecule has 0 aliphatic carbocycles. The third-order valence-electron chi connectivity index (χ3n) is 3.26. The highest BCUT2D eigenvalue weighted by molar-refractivity contribution is 6.42. The van der Waals surface area contributed by atoms with Gasteiger partial charge in [0.05, 0.1) is 21.8 Å². The minimum absolute atomic E-state index is 0.0954. The zero-order valence-electron chi connectivity index (χ0n) is 13.2. The Labute approximate surface area is 145 Å². The van der Waals surface area contributed by atoms with E-state index >= 15 is 0 Å². The number of halogens is 2. The number of carbonyl (C=O) groups excluding carboxylic acids is 1. The lowest BCUT2D eigenvalue weighted by Crippen LogP contribution is -2.19. The molecule has 1 aromatic carbocycles. The molecule has 0 bridgehead atoms. The minimum Gasteiger partial charge on any atom is -0.406 e. The molecule has 0 saturated heterocycles. The maximum Gasteiger partial charge on any atom is 0.338 e. The average molecular weight is 357 g/mol. The lowest BCUT2D eigenvalue weighted by molar-refractivity contribution is -0.139. The number of carbonyl (C=O) groups is 1. The molecular weight excluding hydrogens is 339 g/mol. The first-order valence-electron chi connectivity index (χ1n) is 7.22. The summed E-state index contributed by atoms with van der Waals surface area (Å²) in [5.41, 5.74) is 1.65. The van der Waals surface area contributed by atoms with E-state index in [-0.39, 0.29) is 12.6 Å². The van der Waals surface area contributed by atoms with Gasteiger partial charge in [0.1, 0.15) is 6.61 Å². The lowest BCUT2D eigenvalue weighted by atomic mass is 10.1. The first-order valence-corrected chi connectivity index (χ1v) is 7.97. The first kappa shape index (κ1) is 17.8. The number of nitrogens with zero attached hydrogens (tertiary/aromatic N) is 2. The topological polar surface area (TPSA) is 53.4 Å². The van der Waals surface area contributed by atoms with Crippen molar-refractivity contribution in [1.29, 1.82) is 0 Å². The molecule has 1 aromatic heterocycles. The molecule has 1 atom stereocenters. The Kier molecular flexibility index (Phi) is 6.04. The third kappa shape index (κ3) is 4.47. The standard InChI is InChI=1S/C16H18Cl2N2O3/c1-4-22-9-16(21)23-15-7-10(2)19-20(15)11(3)12-5-6-13(17)14(18)8-12/h5-8,11H,4,9H2,1-3H3. The lowest BCUT2D eigenvalue weighted by Gasteiger charge is -2.16. The van der Waals surface area contributed by atoms with E-state index in [4.69, 9.17) is 32.7 Å². The van der Waals surface area contributed by atoms with E-state index < -0.39 is 5.97 Å². The maximum atomic E-state index is 11.8. The number of hydrogen-bond donors (Lipinski definition) is 0. The highest BCUT2D eigenvalue weighted by atomic mass is 35.5. The molecule has 23 heavy (non-hydrogen) atoms. The van der Waals surface area contributed by atoms with E-state index in [0.717, 1.165) is 11.3 Å². The molecule has 0 N–H and O–H groups in total. The van der Waals surface area contributed by atoms with E-state index in [1.54, 1.807) is 22.9 Å². The molecule has 0 radical (unpaired) electrons. The predicted octanol–water partition coefficient (Wildman–Crippen LogP) is 4.05. The summed E-state index contributed by atoms with van der Waals surface area (Å²) in [5, 5.41) is 5.35. The Balaban J connectivity index is 2.24. The Bertz CT molecular complexity index is 701. The Morgan fingerprint density at radius 3 is 2.70 bits per heavy atom. The normalized spacial score (nSPS) is 12.2. The Morgan fingerprint density at radius 2 is 2.04 bits per heavy atom. The molecule has 7 heteroatoms. The maximum absolute atomic E-state index is 11.8. The molecule has 0 saturated carbocycles. The fraction of sp³-hybridized carbons (Fsp3) is 0.375. The van der Waals surface area contributed by atoms with Crippen molar-refractivity contribution in [2.24, 2.45) is 0 Å². The van der Waals surface area contributed by atoms with Crippen molar-refractivity contribution in [2.75, 3.05) is 13.2 Å². The summed E-state index contributed by atoms with van der Waals surface area (Å²) in [7, 11) is 0. The van der Waals surface area contributed by atoms with Crippen LogP contribution in [0, 0.1) is 6.92 Å². The van der Waals surface area contributed by atoms with Gasteiger partial charge >= 0.3 is 5.97 Å². The second-order valence-electron chi connectivity index (χ2n) is 5.03. The molecule has 2 aromatic rings. The van der Waals surface area contributed by atoms with Crippen LogP contribution < -0.4 is 4.74 Å². The van der Waals surface area contributed by atoms with Crippen molar-refractivity contribution in [3.8, 4) is 5.88 Å². The number of benzene rings is 1. The van der Waals surface area contributed by atoms with Crippen molar-refractivity contribution in [3.05, 3.63) is 45.6 Å². The van der Waals surface area contributed by atoms with Crippen LogP contribution in [0.15, 0.2) is 24.3 Å². The number of hydrogen-bond acceptors (Lipinski definition) is 4. The third-order valence-corrected chi connectivity index (χ3v) is 4.00. The Hall–Kier alpha value is -1.56. The van der Waals surface area contributed by atoms with Gasteiger partial charge in [0.25, 0.3) is 0 Å². The molecule has 5 nitrogen and oxygen atoms in total. The SMILES string of the molecule is CCOCC(=O)Oc1cc(C)nn1C(C)c1ccc(Cl)c(Cl)c1. The number of ether oxygens (including phenoxy) is 2.